The molecular weight excluding hydrogens is 252 g/mol. The van der Waals surface area contributed by atoms with Gasteiger partial charge in [-0.3, -0.25) is 9.59 Å². The van der Waals surface area contributed by atoms with Crippen molar-refractivity contribution in [1.82, 2.24) is 15.7 Å². The van der Waals surface area contributed by atoms with E-state index in [-0.39, 0.29) is 37.8 Å². The Hall–Kier alpha value is -1.22. The summed E-state index contributed by atoms with van der Waals surface area (Å²) in [6.45, 7) is 1.81. The summed E-state index contributed by atoms with van der Waals surface area (Å²) in [5.41, 5.74) is 5.27. The Morgan fingerprint density at radius 1 is 1.16 bits per heavy atom. The Kier molecular flexibility index (Phi) is 11.1. The average Bonchev–Trinajstić information content (AvgIpc) is 2.42. The Labute approximate surface area is 113 Å². The Morgan fingerprint density at radius 3 is 2.11 bits per heavy atom. The number of aliphatic hydroxyl groups excluding tert-OH is 1. The van der Waals surface area contributed by atoms with Crippen molar-refractivity contribution in [2.45, 2.75) is 12.8 Å². The molecule has 2 amide bonds. The van der Waals surface area contributed by atoms with Gasteiger partial charge in [0.05, 0.1) is 13.7 Å². The lowest BCUT2D eigenvalue weighted by Gasteiger charge is -2.18. The third-order valence-corrected chi connectivity index (χ3v) is 2.34. The lowest BCUT2D eigenvalue weighted by molar-refractivity contribution is -0.144. The molecule has 19 heavy (non-hydrogen) atoms. The summed E-state index contributed by atoms with van der Waals surface area (Å²) in [5.74, 6) is -0.263. The van der Waals surface area contributed by atoms with E-state index >= 15 is 0 Å². The van der Waals surface area contributed by atoms with Gasteiger partial charge < -0.3 is 26.3 Å². The maximum Gasteiger partial charge on any atom is 0.221 e. The van der Waals surface area contributed by atoms with Crippen LogP contribution in [-0.2, 0) is 14.4 Å². The highest BCUT2D eigenvalue weighted by molar-refractivity contribution is 5.76. The van der Waals surface area contributed by atoms with Crippen molar-refractivity contribution >= 4 is 11.8 Å². The van der Waals surface area contributed by atoms with Gasteiger partial charge in [0.15, 0.2) is 0 Å². The van der Waals surface area contributed by atoms with Gasteiger partial charge in [0, 0.05) is 45.6 Å². The Bertz CT molecular complexity index is 239. The summed E-state index contributed by atoms with van der Waals surface area (Å²) in [6.07, 6.45) is 0.532. The van der Waals surface area contributed by atoms with Crippen LogP contribution in [0.5, 0.6) is 0 Å². The van der Waals surface area contributed by atoms with Crippen LogP contribution in [0.3, 0.4) is 0 Å². The molecule has 0 fully saturated rings. The molecule has 0 aliphatic carbocycles. The predicted octanol–water partition coefficient (Wildman–Crippen LogP) is -2.19. The highest BCUT2D eigenvalue weighted by Gasteiger charge is 2.09. The van der Waals surface area contributed by atoms with Gasteiger partial charge >= 0.3 is 0 Å². The first-order valence-electron chi connectivity index (χ1n) is 6.27. The summed E-state index contributed by atoms with van der Waals surface area (Å²) >= 11 is 0. The van der Waals surface area contributed by atoms with Gasteiger partial charge in [0.25, 0.3) is 0 Å². The number of nitrogens with one attached hydrogen (secondary N) is 2. The Balaban J connectivity index is 3.76. The fourth-order valence-electron chi connectivity index (χ4n) is 1.33. The van der Waals surface area contributed by atoms with E-state index in [1.807, 2.05) is 0 Å². The first kappa shape index (κ1) is 17.8. The summed E-state index contributed by atoms with van der Waals surface area (Å²) in [4.78, 5) is 27.7. The van der Waals surface area contributed by atoms with Crippen LogP contribution in [0, 0.1) is 0 Å². The maximum atomic E-state index is 11.3. The van der Waals surface area contributed by atoms with E-state index in [1.165, 1.54) is 7.11 Å². The monoisotopic (exact) mass is 276 g/mol. The number of carbonyl (C=O) groups is 2. The second-order valence-corrected chi connectivity index (χ2v) is 3.82. The minimum atomic E-state index is -0.163. The van der Waals surface area contributed by atoms with Crippen LogP contribution in [0.15, 0.2) is 0 Å². The van der Waals surface area contributed by atoms with Crippen molar-refractivity contribution in [3.63, 3.8) is 0 Å². The molecule has 0 unspecified atom stereocenters. The van der Waals surface area contributed by atoms with Crippen molar-refractivity contribution < 1.29 is 19.5 Å². The first-order chi connectivity index (χ1) is 9.13. The number of hydrogen-bond acceptors (Lipinski definition) is 6. The lowest BCUT2D eigenvalue weighted by Crippen LogP contribution is -2.35. The predicted molar refractivity (Wildman–Crippen MR) is 70.0 cm³/mol. The number of carbonyl (C=O) groups excluding carboxylic acids is 2. The van der Waals surface area contributed by atoms with Crippen molar-refractivity contribution in [3.05, 3.63) is 0 Å². The number of nitrogens with two attached hydrogens (primary N) is 1. The van der Waals surface area contributed by atoms with E-state index in [0.29, 0.717) is 26.2 Å². The first-order valence-corrected chi connectivity index (χ1v) is 6.27. The molecule has 0 spiro atoms. The van der Waals surface area contributed by atoms with Crippen LogP contribution in [0.4, 0.5) is 0 Å². The minimum Gasteiger partial charge on any atom is -0.395 e. The van der Waals surface area contributed by atoms with Crippen molar-refractivity contribution in [2.24, 2.45) is 5.73 Å². The highest BCUT2D eigenvalue weighted by atomic mass is 16.7. The number of aliphatic hydroxyl groups is 1. The second-order valence-electron chi connectivity index (χ2n) is 3.82. The molecule has 0 atom stereocenters. The standard InChI is InChI=1S/C11H24N4O4/c1-19-15(7-2-10(17)13-5-4-12)8-3-11(18)14-6-9-16/h16H,2-9,12H2,1H3,(H,13,17)(H,14,18). The van der Waals surface area contributed by atoms with E-state index in [9.17, 15) is 9.59 Å². The largest absolute Gasteiger partial charge is 0.395 e. The van der Waals surface area contributed by atoms with E-state index < -0.39 is 0 Å². The quantitative estimate of drug-likeness (QED) is 0.319. The molecule has 0 heterocycles. The van der Waals surface area contributed by atoms with E-state index in [0.717, 1.165) is 0 Å². The van der Waals surface area contributed by atoms with Gasteiger partial charge in [-0.25, -0.2) is 0 Å². The lowest BCUT2D eigenvalue weighted by atomic mass is 10.3. The van der Waals surface area contributed by atoms with Gasteiger partial charge in [0.1, 0.15) is 0 Å². The normalized spacial score (nSPS) is 10.5. The molecule has 8 heteroatoms. The molecule has 112 valence electrons. The maximum absolute atomic E-state index is 11.3. The molecule has 0 bridgehead atoms. The van der Waals surface area contributed by atoms with Crippen molar-refractivity contribution in [2.75, 3.05) is 46.4 Å². The number of hydrogen-bond donors (Lipinski definition) is 4. The fourth-order valence-corrected chi connectivity index (χ4v) is 1.33. The molecule has 0 aromatic carbocycles. The SMILES string of the molecule is CON(CCC(=O)NCCN)CCC(=O)NCCO. The summed E-state index contributed by atoms with van der Waals surface area (Å²) < 4.78 is 0. The van der Waals surface area contributed by atoms with E-state index in [2.05, 4.69) is 10.6 Å². The number of rotatable bonds is 11. The molecule has 0 radical (unpaired) electrons. The number of hydroxylamine groups is 2. The van der Waals surface area contributed by atoms with Crippen LogP contribution < -0.4 is 16.4 Å². The average molecular weight is 276 g/mol. The van der Waals surface area contributed by atoms with Gasteiger partial charge in [-0.1, -0.05) is 0 Å². The van der Waals surface area contributed by atoms with Crippen LogP contribution in [0.1, 0.15) is 12.8 Å². The summed E-state index contributed by atoms with van der Waals surface area (Å²) in [6, 6.07) is 0. The molecular formula is C11H24N4O4. The fraction of sp³-hybridized carbons (Fsp3) is 0.818. The van der Waals surface area contributed by atoms with Gasteiger partial charge in [-0.2, -0.15) is 5.06 Å². The molecule has 0 aromatic heterocycles. The minimum absolute atomic E-state index is 0.0823. The van der Waals surface area contributed by atoms with Crippen LogP contribution >= 0.6 is 0 Å². The van der Waals surface area contributed by atoms with Crippen molar-refractivity contribution in [1.29, 1.82) is 0 Å². The molecule has 0 aliphatic heterocycles. The number of nitrogens with zero attached hydrogens (tertiary/aromatic N) is 1. The molecule has 8 nitrogen and oxygen atoms in total. The van der Waals surface area contributed by atoms with Crippen LogP contribution in [0.2, 0.25) is 0 Å². The highest BCUT2D eigenvalue weighted by Crippen LogP contribution is 1.95. The zero-order valence-electron chi connectivity index (χ0n) is 11.4. The van der Waals surface area contributed by atoms with Crippen LogP contribution in [0.25, 0.3) is 0 Å². The molecule has 0 aliphatic rings. The molecule has 5 N–H and O–H groups in total. The molecule has 0 aromatic rings. The molecule has 0 saturated heterocycles. The van der Waals surface area contributed by atoms with E-state index in [1.54, 1.807) is 5.06 Å². The van der Waals surface area contributed by atoms with Gasteiger partial charge in [-0.15, -0.1) is 0 Å². The Morgan fingerprint density at radius 2 is 1.68 bits per heavy atom. The zero-order chi connectivity index (χ0) is 14.5. The summed E-state index contributed by atoms with van der Waals surface area (Å²) in [7, 11) is 1.49. The smallest absolute Gasteiger partial charge is 0.221 e. The zero-order valence-corrected chi connectivity index (χ0v) is 11.4. The van der Waals surface area contributed by atoms with Crippen molar-refractivity contribution in [3.8, 4) is 0 Å². The molecule has 0 rings (SSSR count). The topological polar surface area (TPSA) is 117 Å². The van der Waals surface area contributed by atoms with E-state index in [4.69, 9.17) is 15.7 Å². The molecule has 0 saturated carbocycles. The summed E-state index contributed by atoms with van der Waals surface area (Å²) in [5, 5.41) is 15.3. The van der Waals surface area contributed by atoms with Gasteiger partial charge in [-0.05, 0) is 0 Å². The third kappa shape index (κ3) is 10.4. The number of amides is 2. The van der Waals surface area contributed by atoms with Crippen LogP contribution in [-0.4, -0.2) is 68.4 Å². The third-order valence-electron chi connectivity index (χ3n) is 2.34. The second kappa shape index (κ2) is 11.8. The van der Waals surface area contributed by atoms with Gasteiger partial charge in [0.2, 0.25) is 11.8 Å².